The van der Waals surface area contributed by atoms with E-state index in [1.807, 2.05) is 0 Å². The number of benzene rings is 1. The zero-order valence-corrected chi connectivity index (χ0v) is 9.84. The van der Waals surface area contributed by atoms with Crippen molar-refractivity contribution in [3.8, 4) is 0 Å². The van der Waals surface area contributed by atoms with Crippen LogP contribution in [0.2, 0.25) is 0 Å². The van der Waals surface area contributed by atoms with E-state index in [0.717, 1.165) is 0 Å². The Bertz CT molecular complexity index is 350. The van der Waals surface area contributed by atoms with Crippen molar-refractivity contribution < 1.29 is 9.18 Å². The van der Waals surface area contributed by atoms with Crippen LogP contribution in [0.25, 0.3) is 0 Å². The number of amides is 1. The maximum atomic E-state index is 13.0. The predicted molar refractivity (Wildman–Crippen MR) is 60.1 cm³/mol. The number of halogens is 2. The van der Waals surface area contributed by atoms with Gasteiger partial charge in [-0.2, -0.15) is 0 Å². The monoisotopic (exact) mass is 274 g/mol. The Hall–Kier alpha value is -0.940. The van der Waals surface area contributed by atoms with Crippen molar-refractivity contribution in [2.45, 2.75) is 13.0 Å². The van der Waals surface area contributed by atoms with Crippen LogP contribution in [0.3, 0.4) is 0 Å². The molecule has 1 amide bonds. The fourth-order valence-electron chi connectivity index (χ4n) is 1.05. The van der Waals surface area contributed by atoms with Gasteiger partial charge in [0.15, 0.2) is 0 Å². The molecule has 3 nitrogen and oxygen atoms in total. The first-order chi connectivity index (χ1) is 7.02. The fourth-order valence-corrected chi connectivity index (χ4v) is 1.52. The molecule has 15 heavy (non-hydrogen) atoms. The van der Waals surface area contributed by atoms with Gasteiger partial charge in [0.1, 0.15) is 5.82 Å². The van der Waals surface area contributed by atoms with E-state index in [0.29, 0.717) is 11.0 Å². The SMILES string of the molecule is C[C@H](CN)NC(=O)c1cc(F)cc(Br)c1. The Morgan fingerprint density at radius 2 is 2.27 bits per heavy atom. The lowest BCUT2D eigenvalue weighted by Crippen LogP contribution is -2.37. The first-order valence-electron chi connectivity index (χ1n) is 4.50. The number of carbonyl (C=O) groups is 1. The molecule has 1 aromatic carbocycles. The van der Waals surface area contributed by atoms with Crippen molar-refractivity contribution in [1.82, 2.24) is 5.32 Å². The van der Waals surface area contributed by atoms with Gasteiger partial charge in [0, 0.05) is 22.6 Å². The van der Waals surface area contributed by atoms with Crippen LogP contribution >= 0.6 is 15.9 Å². The highest BCUT2D eigenvalue weighted by molar-refractivity contribution is 9.10. The summed E-state index contributed by atoms with van der Waals surface area (Å²) >= 11 is 3.12. The van der Waals surface area contributed by atoms with Crippen LogP contribution < -0.4 is 11.1 Å². The average molecular weight is 275 g/mol. The fraction of sp³-hybridized carbons (Fsp3) is 0.300. The summed E-state index contributed by atoms with van der Waals surface area (Å²) in [6.07, 6.45) is 0. The van der Waals surface area contributed by atoms with Gasteiger partial charge in [0.05, 0.1) is 0 Å². The van der Waals surface area contributed by atoms with E-state index >= 15 is 0 Å². The van der Waals surface area contributed by atoms with Gasteiger partial charge in [0.2, 0.25) is 0 Å². The molecule has 5 heteroatoms. The highest BCUT2D eigenvalue weighted by atomic mass is 79.9. The highest BCUT2D eigenvalue weighted by Crippen LogP contribution is 2.14. The number of hydrogen-bond donors (Lipinski definition) is 2. The normalized spacial score (nSPS) is 12.3. The van der Waals surface area contributed by atoms with Crippen LogP contribution in [-0.2, 0) is 0 Å². The predicted octanol–water partition coefficient (Wildman–Crippen LogP) is 1.67. The van der Waals surface area contributed by atoms with Gasteiger partial charge in [-0.15, -0.1) is 0 Å². The lowest BCUT2D eigenvalue weighted by atomic mass is 10.2. The van der Waals surface area contributed by atoms with Gasteiger partial charge in [-0.3, -0.25) is 4.79 Å². The molecule has 0 aliphatic heterocycles. The van der Waals surface area contributed by atoms with Crippen molar-refractivity contribution in [3.05, 3.63) is 34.1 Å². The van der Waals surface area contributed by atoms with Gasteiger partial charge in [0.25, 0.3) is 5.91 Å². The Kier molecular flexibility index (Phi) is 4.23. The number of carbonyl (C=O) groups excluding carboxylic acids is 1. The van der Waals surface area contributed by atoms with Gasteiger partial charge in [-0.25, -0.2) is 4.39 Å². The lowest BCUT2D eigenvalue weighted by Gasteiger charge is -2.11. The van der Waals surface area contributed by atoms with Crippen molar-refractivity contribution in [2.24, 2.45) is 5.73 Å². The molecule has 0 aliphatic rings. The molecule has 0 radical (unpaired) electrons. The molecule has 0 saturated heterocycles. The lowest BCUT2D eigenvalue weighted by molar-refractivity contribution is 0.0940. The van der Waals surface area contributed by atoms with Crippen LogP contribution in [0.5, 0.6) is 0 Å². The third-order valence-electron chi connectivity index (χ3n) is 1.86. The second-order valence-corrected chi connectivity index (χ2v) is 4.18. The molecule has 0 fully saturated rings. The summed E-state index contributed by atoms with van der Waals surface area (Å²) in [4.78, 5) is 11.6. The van der Waals surface area contributed by atoms with E-state index in [-0.39, 0.29) is 17.5 Å². The van der Waals surface area contributed by atoms with Gasteiger partial charge in [-0.05, 0) is 25.1 Å². The Morgan fingerprint density at radius 3 is 2.80 bits per heavy atom. The minimum absolute atomic E-state index is 0.125. The Labute approximate surface area is 96.0 Å². The highest BCUT2D eigenvalue weighted by Gasteiger charge is 2.10. The third kappa shape index (κ3) is 3.60. The van der Waals surface area contributed by atoms with Crippen LogP contribution in [0, 0.1) is 5.82 Å². The second-order valence-electron chi connectivity index (χ2n) is 3.27. The van der Waals surface area contributed by atoms with E-state index in [4.69, 9.17) is 5.73 Å². The summed E-state index contributed by atoms with van der Waals surface area (Å²) in [6, 6.07) is 3.91. The number of nitrogens with one attached hydrogen (secondary N) is 1. The molecular weight excluding hydrogens is 263 g/mol. The molecule has 1 atom stereocenters. The van der Waals surface area contributed by atoms with Gasteiger partial charge in [-0.1, -0.05) is 15.9 Å². The number of rotatable bonds is 3. The second kappa shape index (κ2) is 5.23. The van der Waals surface area contributed by atoms with Gasteiger partial charge < -0.3 is 11.1 Å². The number of nitrogens with two attached hydrogens (primary N) is 1. The van der Waals surface area contributed by atoms with Crippen LogP contribution in [0.4, 0.5) is 4.39 Å². The maximum absolute atomic E-state index is 13.0. The van der Waals surface area contributed by atoms with E-state index in [1.54, 1.807) is 13.0 Å². The summed E-state index contributed by atoms with van der Waals surface area (Å²) in [5.41, 5.74) is 5.64. The van der Waals surface area contributed by atoms with E-state index in [2.05, 4.69) is 21.2 Å². The first kappa shape index (κ1) is 12.1. The van der Waals surface area contributed by atoms with Crippen molar-refractivity contribution in [2.75, 3.05) is 6.54 Å². The largest absolute Gasteiger partial charge is 0.348 e. The quantitative estimate of drug-likeness (QED) is 0.881. The molecule has 0 bridgehead atoms. The van der Waals surface area contributed by atoms with Crippen molar-refractivity contribution in [3.63, 3.8) is 0 Å². The average Bonchev–Trinajstić information content (AvgIpc) is 2.16. The zero-order chi connectivity index (χ0) is 11.4. The summed E-state index contributed by atoms with van der Waals surface area (Å²) in [6.45, 7) is 2.13. The molecule has 1 rings (SSSR count). The molecule has 0 heterocycles. The molecule has 0 unspecified atom stereocenters. The smallest absolute Gasteiger partial charge is 0.251 e. The zero-order valence-electron chi connectivity index (χ0n) is 8.26. The van der Waals surface area contributed by atoms with Crippen molar-refractivity contribution >= 4 is 21.8 Å². The molecule has 0 aromatic heterocycles. The van der Waals surface area contributed by atoms with E-state index < -0.39 is 5.82 Å². The molecule has 0 spiro atoms. The molecule has 3 N–H and O–H groups in total. The Balaban J connectivity index is 2.82. The van der Waals surface area contributed by atoms with Crippen molar-refractivity contribution in [1.29, 1.82) is 0 Å². The summed E-state index contributed by atoms with van der Waals surface area (Å²) < 4.78 is 13.5. The summed E-state index contributed by atoms with van der Waals surface area (Å²) in [5.74, 6) is -0.775. The minimum Gasteiger partial charge on any atom is -0.348 e. The van der Waals surface area contributed by atoms with E-state index in [1.165, 1.54) is 12.1 Å². The van der Waals surface area contributed by atoms with Crippen LogP contribution in [-0.4, -0.2) is 18.5 Å². The van der Waals surface area contributed by atoms with Gasteiger partial charge >= 0.3 is 0 Å². The van der Waals surface area contributed by atoms with Crippen LogP contribution in [0.1, 0.15) is 17.3 Å². The van der Waals surface area contributed by atoms with E-state index in [9.17, 15) is 9.18 Å². The van der Waals surface area contributed by atoms with Crippen LogP contribution in [0.15, 0.2) is 22.7 Å². The summed E-state index contributed by atoms with van der Waals surface area (Å²) in [5, 5.41) is 2.65. The standard InChI is InChI=1S/C10H12BrFN2O/c1-6(5-13)14-10(15)7-2-8(11)4-9(12)3-7/h2-4,6H,5,13H2,1H3,(H,14,15)/t6-/m1/s1. The minimum atomic E-state index is -0.449. The topological polar surface area (TPSA) is 55.1 Å². The molecular formula is C10H12BrFN2O. The molecule has 0 aliphatic carbocycles. The number of hydrogen-bond acceptors (Lipinski definition) is 2. The summed E-state index contributed by atoms with van der Waals surface area (Å²) in [7, 11) is 0. The molecule has 82 valence electrons. The Morgan fingerprint density at radius 1 is 1.60 bits per heavy atom. The molecule has 0 saturated carbocycles. The third-order valence-corrected chi connectivity index (χ3v) is 2.31. The molecule has 1 aromatic rings. The first-order valence-corrected chi connectivity index (χ1v) is 5.29. The maximum Gasteiger partial charge on any atom is 0.251 e.